The SMILES string of the molecule is CC(C)(C)S(=O)N[C@@H]1c2ccccc2CC12CCN(c1cnc(Sc3ccnc(N)c3Cl)c(N)n1)CC2.Nc1nc(N2CCC3(CC2)Cc2ccccc2[C@H]3N)c(Br)nc1Sc1ccnc(N)c1Cl. The fourth-order valence-electron chi connectivity index (χ4n) is 9.92. The number of rotatable bonds is 8. The van der Waals surface area contributed by atoms with E-state index in [9.17, 15) is 4.21 Å². The molecule has 6 heterocycles. The van der Waals surface area contributed by atoms with Gasteiger partial charge in [0.15, 0.2) is 17.5 Å². The fraction of sp³-hybridized carbons (Fsp3) is 0.375. The lowest BCUT2D eigenvalue weighted by Gasteiger charge is -2.44. The van der Waals surface area contributed by atoms with Gasteiger partial charge in [0.25, 0.3) is 0 Å². The molecule has 0 saturated carbocycles. The van der Waals surface area contributed by atoms with Crippen molar-refractivity contribution in [3.8, 4) is 0 Å². The molecule has 1 unspecified atom stereocenters. The molecule has 21 heteroatoms. The first-order chi connectivity index (χ1) is 32.9. The van der Waals surface area contributed by atoms with E-state index in [0.29, 0.717) is 36.3 Å². The highest BCUT2D eigenvalue weighted by Gasteiger charge is 2.49. The summed E-state index contributed by atoms with van der Waals surface area (Å²) in [6, 6.07) is 20.8. The molecule has 4 aromatic heterocycles. The van der Waals surface area contributed by atoms with E-state index in [2.05, 4.69) is 109 Å². The Kier molecular flexibility index (Phi) is 14.3. The third kappa shape index (κ3) is 10.1. The summed E-state index contributed by atoms with van der Waals surface area (Å²) in [6.45, 7) is 9.38. The Morgan fingerprint density at radius 2 is 1.22 bits per heavy atom. The Balaban J connectivity index is 0.000000174. The summed E-state index contributed by atoms with van der Waals surface area (Å²) >= 11 is 18.8. The third-order valence-corrected chi connectivity index (χ3v) is 19.0. The predicted molar refractivity (Wildman–Crippen MR) is 285 cm³/mol. The van der Waals surface area contributed by atoms with Crippen molar-refractivity contribution in [3.05, 3.63) is 116 Å². The largest absolute Gasteiger partial charge is 0.382 e. The van der Waals surface area contributed by atoms with Gasteiger partial charge < -0.3 is 38.5 Å². The first-order valence-corrected chi connectivity index (χ1v) is 27.0. The molecule has 2 aliphatic carbocycles. The summed E-state index contributed by atoms with van der Waals surface area (Å²) in [4.78, 5) is 32.5. The Labute approximate surface area is 432 Å². The molecule has 2 spiro atoms. The van der Waals surface area contributed by atoms with E-state index in [4.69, 9.17) is 51.9 Å². The molecule has 2 aromatic carbocycles. The average molecular weight is 1090 g/mol. The highest BCUT2D eigenvalue weighted by Crippen LogP contribution is 2.54. The van der Waals surface area contributed by atoms with Crippen LogP contribution in [0.4, 0.5) is 34.9 Å². The molecule has 4 aliphatic rings. The number of anilines is 6. The number of benzene rings is 2. The second-order valence-electron chi connectivity index (χ2n) is 19.0. The molecule has 11 N–H and O–H groups in total. The molecule has 0 bridgehead atoms. The standard InChI is InChI=1S/C26H32ClN7OS2.C22H23BrClN7S/c1-25(2,3)37(35)33-21-17-7-5-4-6-16(17)14-26(21)9-12-34(13-10-26)19-15-31-24(23(29)32-19)36-18-8-11-30-22(28)20(18)27;23-17-20(30-19(27)21(29-17)32-14-5-8-28-18(26)15(14)24)31-9-6-22(7-10-31)11-12-3-1-2-4-13(12)16(22)25/h4-8,11,15,21,33H,9-10,12-14H2,1-3H3,(H2,28,30)(H2,29,32);1-5,8,16H,6-7,9-11,25H2,(H2,26,28)(H2,27,30)/t21-,37?;16-/m11/s1. The van der Waals surface area contributed by atoms with Crippen LogP contribution in [0, 0.1) is 10.8 Å². The maximum Gasteiger partial charge on any atom is 0.164 e. The molecule has 2 saturated heterocycles. The molecule has 2 aliphatic heterocycles. The first kappa shape index (κ1) is 49.5. The zero-order valence-electron chi connectivity index (χ0n) is 38.5. The summed E-state index contributed by atoms with van der Waals surface area (Å²) in [5.41, 5.74) is 36.3. The van der Waals surface area contributed by atoms with Crippen molar-refractivity contribution in [1.29, 1.82) is 0 Å². The molecular weight excluding hydrogens is 1040 g/mol. The van der Waals surface area contributed by atoms with Crippen molar-refractivity contribution >= 4 is 109 Å². The average Bonchev–Trinajstić information content (AvgIpc) is 3.77. The molecule has 0 radical (unpaired) electrons. The van der Waals surface area contributed by atoms with Gasteiger partial charge >= 0.3 is 0 Å². The zero-order valence-corrected chi connectivity index (χ0v) is 44.0. The van der Waals surface area contributed by atoms with E-state index >= 15 is 0 Å². The van der Waals surface area contributed by atoms with Gasteiger partial charge in [-0.05, 0) is 120 Å². The van der Waals surface area contributed by atoms with Gasteiger partial charge in [0.1, 0.15) is 32.1 Å². The Morgan fingerprint density at radius 1 is 0.696 bits per heavy atom. The van der Waals surface area contributed by atoms with E-state index in [-0.39, 0.29) is 39.3 Å². The molecule has 2 fully saturated rings. The summed E-state index contributed by atoms with van der Waals surface area (Å²) in [6.07, 6.45) is 10.9. The molecule has 69 heavy (non-hydrogen) atoms. The number of halogens is 3. The summed E-state index contributed by atoms with van der Waals surface area (Å²) in [5.74, 6) is 2.76. The molecule has 3 atom stereocenters. The van der Waals surface area contributed by atoms with Crippen molar-refractivity contribution < 1.29 is 4.21 Å². The summed E-state index contributed by atoms with van der Waals surface area (Å²) in [5, 5.41) is 1.90. The lowest BCUT2D eigenvalue weighted by atomic mass is 9.73. The Morgan fingerprint density at radius 3 is 1.81 bits per heavy atom. The lowest BCUT2D eigenvalue weighted by molar-refractivity contribution is 0.177. The van der Waals surface area contributed by atoms with Gasteiger partial charge in [-0.2, -0.15) is 0 Å². The van der Waals surface area contributed by atoms with Crippen LogP contribution in [-0.4, -0.2) is 65.0 Å². The van der Waals surface area contributed by atoms with Crippen LogP contribution < -0.4 is 43.2 Å². The van der Waals surface area contributed by atoms with Crippen LogP contribution >= 0.6 is 62.7 Å². The quantitative estimate of drug-likeness (QED) is 0.0832. The molecule has 362 valence electrons. The normalized spacial score (nSPS) is 19.5. The number of aromatic nitrogens is 6. The number of pyridine rings is 2. The van der Waals surface area contributed by atoms with Crippen molar-refractivity contribution in [3.63, 3.8) is 0 Å². The number of nitrogens with one attached hydrogen (secondary N) is 1. The number of hydrogen-bond acceptors (Lipinski definition) is 16. The molecular formula is C48H55BrCl2N14OS3. The van der Waals surface area contributed by atoms with Crippen LogP contribution in [-0.2, 0) is 23.8 Å². The smallest absolute Gasteiger partial charge is 0.164 e. The molecule has 10 rings (SSSR count). The van der Waals surface area contributed by atoms with E-state index in [1.807, 2.05) is 20.8 Å². The van der Waals surface area contributed by atoms with Crippen LogP contribution in [0.3, 0.4) is 0 Å². The second kappa shape index (κ2) is 20.0. The number of hydrogen-bond donors (Lipinski definition) is 6. The van der Waals surface area contributed by atoms with Gasteiger partial charge in [0.2, 0.25) is 0 Å². The number of nitrogens with two attached hydrogens (primary N) is 5. The minimum atomic E-state index is -1.16. The minimum Gasteiger partial charge on any atom is -0.382 e. The van der Waals surface area contributed by atoms with Crippen LogP contribution in [0.5, 0.6) is 0 Å². The van der Waals surface area contributed by atoms with Crippen molar-refractivity contribution in [2.24, 2.45) is 16.6 Å². The van der Waals surface area contributed by atoms with Crippen molar-refractivity contribution in [1.82, 2.24) is 34.6 Å². The number of nitrogens with zero attached hydrogens (tertiary/aromatic N) is 8. The van der Waals surface area contributed by atoms with Crippen molar-refractivity contribution in [2.75, 3.05) is 58.9 Å². The monoisotopic (exact) mass is 1090 g/mol. The Hall–Kier alpha value is -4.47. The van der Waals surface area contributed by atoms with Crippen LogP contribution in [0.25, 0.3) is 0 Å². The minimum absolute atomic E-state index is 0.00782. The zero-order chi connectivity index (χ0) is 48.8. The van der Waals surface area contributed by atoms with E-state index in [1.54, 1.807) is 30.7 Å². The van der Waals surface area contributed by atoms with Crippen LogP contribution in [0.2, 0.25) is 10.0 Å². The second-order valence-corrected chi connectivity index (χ2v) is 24.6. The van der Waals surface area contributed by atoms with E-state index < -0.39 is 11.0 Å². The summed E-state index contributed by atoms with van der Waals surface area (Å²) in [7, 11) is -1.16. The van der Waals surface area contributed by atoms with Gasteiger partial charge in [-0.1, -0.05) is 95.3 Å². The Bertz CT molecular complexity index is 2910. The fourth-order valence-corrected chi connectivity index (χ4v) is 13.6. The maximum atomic E-state index is 13.1. The van der Waals surface area contributed by atoms with E-state index in [0.717, 1.165) is 86.1 Å². The lowest BCUT2D eigenvalue weighted by Crippen LogP contribution is -2.48. The molecule has 0 amide bonds. The van der Waals surface area contributed by atoms with Gasteiger partial charge in [-0.15, -0.1) is 0 Å². The van der Waals surface area contributed by atoms with Gasteiger partial charge in [-0.25, -0.2) is 38.8 Å². The number of nitrogen functional groups attached to an aromatic ring is 4. The van der Waals surface area contributed by atoms with Crippen LogP contribution in [0.15, 0.2) is 104 Å². The van der Waals surface area contributed by atoms with Crippen LogP contribution in [0.1, 0.15) is 80.8 Å². The van der Waals surface area contributed by atoms with Gasteiger partial charge in [0, 0.05) is 54.4 Å². The third-order valence-electron chi connectivity index (χ3n) is 13.8. The molecule has 6 aromatic rings. The molecule has 15 nitrogen and oxygen atoms in total. The van der Waals surface area contributed by atoms with E-state index in [1.165, 1.54) is 45.8 Å². The number of fused-ring (bicyclic) bond motifs is 2. The van der Waals surface area contributed by atoms with Crippen molar-refractivity contribution in [2.45, 2.75) is 96.0 Å². The number of piperidine rings is 2. The topological polar surface area (TPSA) is 243 Å². The highest BCUT2D eigenvalue weighted by molar-refractivity contribution is 9.10. The maximum absolute atomic E-state index is 13.1. The predicted octanol–water partition coefficient (Wildman–Crippen LogP) is 9.22. The summed E-state index contributed by atoms with van der Waals surface area (Å²) < 4.78 is 17.0. The van der Waals surface area contributed by atoms with Gasteiger partial charge in [-0.3, -0.25) is 0 Å². The van der Waals surface area contributed by atoms with Gasteiger partial charge in [0.05, 0.1) is 38.0 Å². The first-order valence-electron chi connectivity index (χ1n) is 22.7. The highest BCUT2D eigenvalue weighted by atomic mass is 79.9.